The fourth-order valence-electron chi connectivity index (χ4n) is 2.62. The molecule has 2 aromatic rings. The van der Waals surface area contributed by atoms with E-state index in [2.05, 4.69) is 11.9 Å². The highest BCUT2D eigenvalue weighted by Gasteiger charge is 2.25. The molecular weight excluding hydrogens is 274 g/mol. The fraction of sp³-hybridized carbons (Fsp3) is 0.333. The average Bonchev–Trinajstić information content (AvgIpc) is 2.77. The second kappa shape index (κ2) is 4.94. The number of carbonyl (C=O) groups is 1. The minimum Gasteiger partial charge on any atom is -0.336 e. The van der Waals surface area contributed by atoms with Gasteiger partial charge in [-0.15, -0.1) is 0 Å². The Hall–Kier alpha value is -1.81. The predicted molar refractivity (Wildman–Crippen MR) is 78.4 cm³/mol. The zero-order valence-corrected chi connectivity index (χ0v) is 12.3. The SMILES string of the molecule is CCCc1ncn2c1CN(C)C(=O)c1cc(Cl)ccc1-2. The number of halogens is 1. The van der Waals surface area contributed by atoms with Crippen LogP contribution in [0.5, 0.6) is 0 Å². The van der Waals surface area contributed by atoms with Crippen molar-refractivity contribution in [2.45, 2.75) is 26.3 Å². The molecule has 3 rings (SSSR count). The van der Waals surface area contributed by atoms with Gasteiger partial charge in [-0.2, -0.15) is 0 Å². The quantitative estimate of drug-likeness (QED) is 0.852. The summed E-state index contributed by atoms with van der Waals surface area (Å²) in [6.45, 7) is 2.70. The summed E-state index contributed by atoms with van der Waals surface area (Å²) >= 11 is 6.03. The first-order chi connectivity index (χ1) is 9.61. The van der Waals surface area contributed by atoms with Crippen molar-refractivity contribution < 1.29 is 4.79 Å². The Morgan fingerprint density at radius 2 is 2.20 bits per heavy atom. The number of carbonyl (C=O) groups excluding carboxylic acids is 1. The van der Waals surface area contributed by atoms with Gasteiger partial charge in [-0.1, -0.05) is 24.9 Å². The van der Waals surface area contributed by atoms with Crippen LogP contribution in [0.2, 0.25) is 5.02 Å². The van der Waals surface area contributed by atoms with Crippen molar-refractivity contribution in [3.05, 3.63) is 46.5 Å². The van der Waals surface area contributed by atoms with E-state index >= 15 is 0 Å². The maximum atomic E-state index is 12.5. The Kier molecular flexibility index (Phi) is 3.26. The monoisotopic (exact) mass is 289 g/mol. The van der Waals surface area contributed by atoms with Gasteiger partial charge in [0.25, 0.3) is 5.91 Å². The molecule has 0 unspecified atom stereocenters. The maximum Gasteiger partial charge on any atom is 0.256 e. The molecule has 1 amide bonds. The number of rotatable bonds is 2. The molecule has 0 saturated carbocycles. The van der Waals surface area contributed by atoms with Crippen molar-refractivity contribution in [2.75, 3.05) is 7.05 Å². The summed E-state index contributed by atoms with van der Waals surface area (Å²) in [5.41, 5.74) is 3.63. The van der Waals surface area contributed by atoms with Crippen LogP contribution in [0.1, 0.15) is 35.1 Å². The van der Waals surface area contributed by atoms with Crippen LogP contribution in [-0.4, -0.2) is 27.4 Å². The molecule has 5 heteroatoms. The van der Waals surface area contributed by atoms with Crippen LogP contribution < -0.4 is 0 Å². The van der Waals surface area contributed by atoms with E-state index in [1.807, 2.05) is 23.7 Å². The van der Waals surface area contributed by atoms with Crippen LogP contribution in [0.25, 0.3) is 5.69 Å². The summed E-state index contributed by atoms with van der Waals surface area (Å²) in [7, 11) is 1.81. The summed E-state index contributed by atoms with van der Waals surface area (Å²) in [5.74, 6) is -0.00588. The molecule has 1 aliphatic rings. The van der Waals surface area contributed by atoms with Crippen molar-refractivity contribution in [1.29, 1.82) is 0 Å². The van der Waals surface area contributed by atoms with Gasteiger partial charge in [0, 0.05) is 12.1 Å². The van der Waals surface area contributed by atoms with Gasteiger partial charge in [0.1, 0.15) is 0 Å². The number of nitrogens with zero attached hydrogens (tertiary/aromatic N) is 3. The molecule has 0 N–H and O–H groups in total. The molecule has 1 aromatic carbocycles. The van der Waals surface area contributed by atoms with E-state index in [1.165, 1.54) is 0 Å². The molecule has 20 heavy (non-hydrogen) atoms. The summed E-state index contributed by atoms with van der Waals surface area (Å²) < 4.78 is 2.01. The van der Waals surface area contributed by atoms with Crippen LogP contribution in [0, 0.1) is 0 Å². The molecule has 0 spiro atoms. The molecule has 0 bridgehead atoms. The van der Waals surface area contributed by atoms with E-state index in [0.29, 0.717) is 17.1 Å². The van der Waals surface area contributed by atoms with Crippen molar-refractivity contribution in [2.24, 2.45) is 0 Å². The zero-order chi connectivity index (χ0) is 14.3. The van der Waals surface area contributed by atoms with Crippen LogP contribution in [0.3, 0.4) is 0 Å². The molecule has 0 radical (unpaired) electrons. The predicted octanol–water partition coefficient (Wildman–Crippen LogP) is 3.06. The molecule has 104 valence electrons. The highest BCUT2D eigenvalue weighted by Crippen LogP contribution is 2.28. The second-order valence-electron chi connectivity index (χ2n) is 5.08. The highest BCUT2D eigenvalue weighted by atomic mass is 35.5. The second-order valence-corrected chi connectivity index (χ2v) is 5.52. The van der Waals surface area contributed by atoms with Crippen LogP contribution in [0.15, 0.2) is 24.5 Å². The summed E-state index contributed by atoms with van der Waals surface area (Å²) in [6.07, 6.45) is 3.77. The van der Waals surface area contributed by atoms with Crippen molar-refractivity contribution in [1.82, 2.24) is 14.5 Å². The Labute approximate surface area is 123 Å². The Morgan fingerprint density at radius 1 is 1.40 bits per heavy atom. The van der Waals surface area contributed by atoms with Crippen LogP contribution in [-0.2, 0) is 13.0 Å². The van der Waals surface area contributed by atoms with Gasteiger partial charge < -0.3 is 9.47 Å². The van der Waals surface area contributed by atoms with E-state index < -0.39 is 0 Å². The summed E-state index contributed by atoms with van der Waals surface area (Å²) in [5, 5.41) is 0.572. The van der Waals surface area contributed by atoms with Gasteiger partial charge >= 0.3 is 0 Å². The standard InChI is InChI=1S/C15H16ClN3O/c1-3-4-12-14-8-18(2)15(20)11-7-10(16)5-6-13(11)19(14)9-17-12/h5-7,9H,3-4,8H2,1-2H3. The minimum absolute atomic E-state index is 0.00588. The Morgan fingerprint density at radius 3 is 2.95 bits per heavy atom. The first kappa shape index (κ1) is 13.2. The summed E-state index contributed by atoms with van der Waals surface area (Å²) in [6, 6.07) is 5.42. The fourth-order valence-corrected chi connectivity index (χ4v) is 2.80. The third-order valence-corrected chi connectivity index (χ3v) is 3.86. The van der Waals surface area contributed by atoms with Crippen molar-refractivity contribution >= 4 is 17.5 Å². The van der Waals surface area contributed by atoms with Crippen molar-refractivity contribution in [3.8, 4) is 5.69 Å². The van der Waals surface area contributed by atoms with Gasteiger partial charge in [-0.25, -0.2) is 4.98 Å². The molecule has 0 atom stereocenters. The van der Waals surface area contributed by atoms with E-state index in [1.54, 1.807) is 17.3 Å². The molecule has 1 aliphatic heterocycles. The third kappa shape index (κ3) is 2.00. The molecule has 0 aliphatic carbocycles. The number of hydrogen-bond donors (Lipinski definition) is 0. The van der Waals surface area contributed by atoms with E-state index in [4.69, 9.17) is 11.6 Å². The third-order valence-electron chi connectivity index (χ3n) is 3.62. The largest absolute Gasteiger partial charge is 0.336 e. The molecule has 4 nitrogen and oxygen atoms in total. The van der Waals surface area contributed by atoms with Crippen LogP contribution in [0.4, 0.5) is 0 Å². The number of aromatic nitrogens is 2. The Balaban J connectivity index is 2.23. The molecular formula is C15H16ClN3O. The molecule has 0 saturated heterocycles. The van der Waals surface area contributed by atoms with Gasteiger partial charge in [0.2, 0.25) is 0 Å². The number of hydrogen-bond acceptors (Lipinski definition) is 2. The molecule has 2 heterocycles. The number of fused-ring (bicyclic) bond motifs is 3. The van der Waals surface area contributed by atoms with Gasteiger partial charge in [-0.3, -0.25) is 4.79 Å². The average molecular weight is 290 g/mol. The van der Waals surface area contributed by atoms with E-state index in [9.17, 15) is 4.79 Å². The van der Waals surface area contributed by atoms with E-state index in [0.717, 1.165) is 29.9 Å². The van der Waals surface area contributed by atoms with Gasteiger partial charge in [0.05, 0.1) is 35.5 Å². The molecule has 0 fully saturated rings. The smallest absolute Gasteiger partial charge is 0.256 e. The normalized spacial score (nSPS) is 13.9. The maximum absolute atomic E-state index is 12.5. The first-order valence-corrected chi connectivity index (χ1v) is 7.10. The highest BCUT2D eigenvalue weighted by molar-refractivity contribution is 6.31. The lowest BCUT2D eigenvalue weighted by molar-refractivity contribution is 0.0787. The zero-order valence-electron chi connectivity index (χ0n) is 11.6. The van der Waals surface area contributed by atoms with Crippen LogP contribution >= 0.6 is 11.6 Å². The molecule has 1 aromatic heterocycles. The number of amides is 1. The lowest BCUT2D eigenvalue weighted by atomic mass is 10.1. The number of benzene rings is 1. The van der Waals surface area contributed by atoms with Gasteiger partial charge in [0.15, 0.2) is 0 Å². The number of imidazole rings is 1. The lowest BCUT2D eigenvalue weighted by Gasteiger charge is -2.14. The minimum atomic E-state index is -0.00588. The topological polar surface area (TPSA) is 38.1 Å². The lowest BCUT2D eigenvalue weighted by Crippen LogP contribution is -2.25. The van der Waals surface area contributed by atoms with Crippen molar-refractivity contribution in [3.63, 3.8) is 0 Å². The van der Waals surface area contributed by atoms with Gasteiger partial charge in [-0.05, 0) is 24.6 Å². The Bertz CT molecular complexity index is 678. The summed E-state index contributed by atoms with van der Waals surface area (Å²) in [4.78, 5) is 18.7. The van der Waals surface area contributed by atoms with E-state index in [-0.39, 0.29) is 5.91 Å². The first-order valence-electron chi connectivity index (χ1n) is 6.72. The number of aryl methyl sites for hydroxylation is 1.